The van der Waals surface area contributed by atoms with Crippen molar-refractivity contribution >= 4 is 23.5 Å². The maximum Gasteiger partial charge on any atom is 0.416 e. The quantitative estimate of drug-likeness (QED) is 0.782. The van der Waals surface area contributed by atoms with Crippen molar-refractivity contribution in [3.8, 4) is 0 Å². The summed E-state index contributed by atoms with van der Waals surface area (Å²) in [5, 5.41) is 10.6. The number of amides is 1. The van der Waals surface area contributed by atoms with Crippen molar-refractivity contribution in [2.75, 3.05) is 11.4 Å². The number of carboxylic acid groups (broad SMARTS) is 1. The van der Waals surface area contributed by atoms with E-state index in [1.165, 1.54) is 6.07 Å². The summed E-state index contributed by atoms with van der Waals surface area (Å²) < 4.78 is 37.7. The molecule has 2 rings (SSSR count). The molecule has 1 aromatic rings. The average Bonchev–Trinajstić information content (AvgIpc) is 2.48. The maximum atomic E-state index is 12.6. The Labute approximate surface area is 105 Å². The summed E-state index contributed by atoms with van der Waals surface area (Å²) in [5.41, 5.74) is -0.514. The lowest BCUT2D eigenvalue weighted by Gasteiger charge is -2.19. The number of hydrogen-bond acceptors (Lipinski definition) is 2. The second-order valence-electron chi connectivity index (χ2n) is 3.56. The number of hydrogen-bond donors (Lipinski definition) is 1. The number of nitrogens with zero attached hydrogens (tertiary/aromatic N) is 1. The minimum Gasteiger partial charge on any atom is -0.465 e. The molecule has 0 radical (unpaired) electrons. The Kier molecular flexibility index (Phi) is 3.25. The molecule has 1 aromatic carbocycles. The molecule has 0 fully saturated rings. The van der Waals surface area contributed by atoms with Crippen LogP contribution >= 0.6 is 11.8 Å². The van der Waals surface area contributed by atoms with Gasteiger partial charge in [-0.1, -0.05) is 17.8 Å². The van der Waals surface area contributed by atoms with E-state index in [1.54, 1.807) is 11.5 Å². The molecule has 0 aliphatic carbocycles. The molecule has 1 heterocycles. The van der Waals surface area contributed by atoms with Crippen molar-refractivity contribution in [1.29, 1.82) is 0 Å². The van der Waals surface area contributed by atoms with Crippen molar-refractivity contribution in [1.82, 2.24) is 0 Å². The fourth-order valence-corrected chi connectivity index (χ4v) is 2.38. The van der Waals surface area contributed by atoms with Crippen molar-refractivity contribution in [3.63, 3.8) is 0 Å². The molecule has 7 heteroatoms. The summed E-state index contributed by atoms with van der Waals surface area (Å²) in [7, 11) is 0. The monoisotopic (exact) mass is 275 g/mol. The van der Waals surface area contributed by atoms with E-state index in [0.717, 1.165) is 28.8 Å². The van der Waals surface area contributed by atoms with Gasteiger partial charge in [-0.05, 0) is 23.6 Å². The van der Waals surface area contributed by atoms with Gasteiger partial charge < -0.3 is 5.11 Å². The van der Waals surface area contributed by atoms with Gasteiger partial charge in [-0.2, -0.15) is 13.2 Å². The van der Waals surface area contributed by atoms with E-state index in [0.29, 0.717) is 0 Å². The Bertz CT molecular complexity index is 514. The van der Waals surface area contributed by atoms with Crippen molar-refractivity contribution in [2.45, 2.75) is 11.1 Å². The minimum atomic E-state index is -4.43. The molecule has 1 aliphatic heterocycles. The van der Waals surface area contributed by atoms with E-state index in [2.05, 4.69) is 0 Å². The fourth-order valence-electron chi connectivity index (χ4n) is 1.56. The standard InChI is InChI=1S/C11H8F3NO2S/c12-11(13,14)7-2-3-8-9(6-7)18-5-1-4-15(8)10(16)17/h1-3,5-6H,4H2,(H,16,17). The van der Waals surface area contributed by atoms with Gasteiger partial charge in [-0.25, -0.2) is 4.79 Å². The first kappa shape index (κ1) is 12.8. The molecule has 0 bridgehead atoms. The molecule has 18 heavy (non-hydrogen) atoms. The zero-order valence-electron chi connectivity index (χ0n) is 8.94. The maximum absolute atomic E-state index is 12.6. The van der Waals surface area contributed by atoms with Crippen LogP contribution in [0.1, 0.15) is 5.56 Å². The third kappa shape index (κ3) is 2.45. The lowest BCUT2D eigenvalue weighted by atomic mass is 10.2. The second kappa shape index (κ2) is 4.56. The van der Waals surface area contributed by atoms with Gasteiger partial charge in [0.25, 0.3) is 0 Å². The molecule has 0 saturated heterocycles. The third-order valence-electron chi connectivity index (χ3n) is 2.39. The molecule has 0 aromatic heterocycles. The summed E-state index contributed by atoms with van der Waals surface area (Å²) in [6, 6.07) is 3.04. The van der Waals surface area contributed by atoms with Gasteiger partial charge in [-0.15, -0.1) is 0 Å². The van der Waals surface area contributed by atoms with Crippen LogP contribution in [0.2, 0.25) is 0 Å². The number of benzene rings is 1. The van der Waals surface area contributed by atoms with Crippen molar-refractivity contribution in [3.05, 3.63) is 35.2 Å². The minimum absolute atomic E-state index is 0.126. The number of rotatable bonds is 0. The molecule has 96 valence electrons. The van der Waals surface area contributed by atoms with Gasteiger partial charge in [0.1, 0.15) is 0 Å². The second-order valence-corrected chi connectivity index (χ2v) is 4.51. The van der Waals surface area contributed by atoms with Gasteiger partial charge in [0, 0.05) is 11.4 Å². The molecule has 1 amide bonds. The topological polar surface area (TPSA) is 40.5 Å². The smallest absolute Gasteiger partial charge is 0.416 e. The lowest BCUT2D eigenvalue weighted by Crippen LogP contribution is -2.29. The van der Waals surface area contributed by atoms with Crippen LogP contribution in [0.5, 0.6) is 0 Å². The van der Waals surface area contributed by atoms with Crippen LogP contribution in [0.3, 0.4) is 0 Å². The van der Waals surface area contributed by atoms with Crippen LogP contribution in [-0.2, 0) is 6.18 Å². The molecule has 1 N–H and O–H groups in total. The summed E-state index contributed by atoms with van der Waals surface area (Å²) in [6.45, 7) is 0.126. The highest BCUT2D eigenvalue weighted by atomic mass is 32.2. The molecule has 0 unspecified atom stereocenters. The molecule has 0 atom stereocenters. The lowest BCUT2D eigenvalue weighted by molar-refractivity contribution is -0.137. The zero-order valence-corrected chi connectivity index (χ0v) is 9.76. The van der Waals surface area contributed by atoms with Crippen molar-refractivity contribution < 1.29 is 23.1 Å². The van der Waals surface area contributed by atoms with E-state index in [-0.39, 0.29) is 17.1 Å². The number of anilines is 1. The number of fused-ring (bicyclic) bond motifs is 1. The normalized spacial score (nSPS) is 15.2. The Morgan fingerprint density at radius 3 is 2.72 bits per heavy atom. The van der Waals surface area contributed by atoms with E-state index in [9.17, 15) is 18.0 Å². The number of halogens is 3. The van der Waals surface area contributed by atoms with Crippen LogP contribution in [0.25, 0.3) is 0 Å². The Morgan fingerprint density at radius 1 is 1.39 bits per heavy atom. The summed E-state index contributed by atoms with van der Waals surface area (Å²) in [5.74, 6) is 0. The number of carbonyl (C=O) groups is 1. The van der Waals surface area contributed by atoms with Crippen LogP contribution in [0.15, 0.2) is 34.6 Å². The third-order valence-corrected chi connectivity index (χ3v) is 3.30. The Hall–Kier alpha value is -1.63. The van der Waals surface area contributed by atoms with Gasteiger partial charge in [0.05, 0.1) is 11.3 Å². The largest absolute Gasteiger partial charge is 0.465 e. The first-order valence-corrected chi connectivity index (χ1v) is 5.81. The first-order chi connectivity index (χ1) is 8.39. The van der Waals surface area contributed by atoms with E-state index >= 15 is 0 Å². The Morgan fingerprint density at radius 2 is 2.11 bits per heavy atom. The predicted octanol–water partition coefficient (Wildman–Crippen LogP) is 3.81. The number of alkyl halides is 3. The highest BCUT2D eigenvalue weighted by Gasteiger charge is 2.32. The Balaban J connectivity index is 2.49. The highest BCUT2D eigenvalue weighted by Crippen LogP contribution is 2.38. The molecular weight excluding hydrogens is 267 g/mol. The SMILES string of the molecule is O=C(O)N1CC=CSc2cc(C(F)(F)F)ccc21. The molecular formula is C11H8F3NO2S. The van der Waals surface area contributed by atoms with Gasteiger partial charge in [0.2, 0.25) is 0 Å². The van der Waals surface area contributed by atoms with Gasteiger partial charge >= 0.3 is 12.3 Å². The first-order valence-electron chi connectivity index (χ1n) is 4.93. The predicted molar refractivity (Wildman–Crippen MR) is 61.8 cm³/mol. The van der Waals surface area contributed by atoms with E-state index < -0.39 is 17.8 Å². The molecule has 0 spiro atoms. The molecule has 3 nitrogen and oxygen atoms in total. The van der Waals surface area contributed by atoms with Crippen LogP contribution in [-0.4, -0.2) is 17.7 Å². The fraction of sp³-hybridized carbons (Fsp3) is 0.182. The van der Waals surface area contributed by atoms with Crippen LogP contribution < -0.4 is 4.90 Å². The van der Waals surface area contributed by atoms with E-state index in [1.807, 2.05) is 0 Å². The van der Waals surface area contributed by atoms with E-state index in [4.69, 9.17) is 5.11 Å². The highest BCUT2D eigenvalue weighted by molar-refractivity contribution is 8.02. The van der Waals surface area contributed by atoms with Crippen LogP contribution in [0, 0.1) is 0 Å². The molecule has 0 saturated carbocycles. The summed E-state index contributed by atoms with van der Waals surface area (Å²) >= 11 is 1.08. The van der Waals surface area contributed by atoms with Gasteiger partial charge in [0.15, 0.2) is 0 Å². The molecule has 1 aliphatic rings. The zero-order chi connectivity index (χ0) is 13.3. The summed E-state index contributed by atoms with van der Waals surface area (Å²) in [6.07, 6.45) is -4.03. The average molecular weight is 275 g/mol. The van der Waals surface area contributed by atoms with Crippen molar-refractivity contribution in [2.24, 2.45) is 0 Å². The number of thioether (sulfide) groups is 1. The summed E-state index contributed by atoms with van der Waals surface area (Å²) in [4.78, 5) is 12.3. The van der Waals surface area contributed by atoms with Crippen LogP contribution in [0.4, 0.5) is 23.7 Å². The van der Waals surface area contributed by atoms with Gasteiger partial charge in [-0.3, -0.25) is 4.90 Å².